The molecule has 2 fully saturated rings. The molecule has 0 spiro atoms. The van der Waals surface area contributed by atoms with Crippen molar-refractivity contribution >= 4 is 0 Å². The van der Waals surface area contributed by atoms with Gasteiger partial charge in [-0.1, -0.05) is 18.6 Å². The Bertz CT molecular complexity index is 502. The van der Waals surface area contributed by atoms with Gasteiger partial charge in [0, 0.05) is 11.6 Å². The third-order valence-corrected chi connectivity index (χ3v) is 5.44. The summed E-state index contributed by atoms with van der Waals surface area (Å²) < 4.78 is 11.5. The fourth-order valence-corrected chi connectivity index (χ4v) is 4.51. The second kappa shape index (κ2) is 4.96. The van der Waals surface area contributed by atoms with Gasteiger partial charge in [0.2, 0.25) is 0 Å². The zero-order chi connectivity index (χ0) is 13.5. The molecule has 2 saturated carbocycles. The van der Waals surface area contributed by atoms with E-state index in [1.165, 1.54) is 25.7 Å². The third kappa shape index (κ3) is 2.08. The molecule has 2 aliphatic carbocycles. The van der Waals surface area contributed by atoms with E-state index in [4.69, 9.17) is 15.2 Å². The monoisotopic (exact) mass is 273 g/mol. The Labute approximate surface area is 120 Å². The minimum Gasteiger partial charge on any atom is -0.486 e. The van der Waals surface area contributed by atoms with Crippen LogP contribution in [0.1, 0.15) is 43.7 Å². The van der Waals surface area contributed by atoms with E-state index in [0.29, 0.717) is 13.2 Å². The summed E-state index contributed by atoms with van der Waals surface area (Å²) >= 11 is 0. The summed E-state index contributed by atoms with van der Waals surface area (Å²) in [7, 11) is 0. The maximum atomic E-state index is 6.50. The minimum absolute atomic E-state index is 0.0796. The molecule has 1 heterocycles. The highest BCUT2D eigenvalue weighted by Crippen LogP contribution is 2.51. The van der Waals surface area contributed by atoms with E-state index >= 15 is 0 Å². The molecule has 108 valence electrons. The van der Waals surface area contributed by atoms with Gasteiger partial charge in [-0.25, -0.2) is 0 Å². The maximum absolute atomic E-state index is 6.50. The SMILES string of the molecule is NC(CC1CC2CCC1C2)c1cccc2c1OCCO2. The molecule has 0 saturated heterocycles. The summed E-state index contributed by atoms with van der Waals surface area (Å²) in [6, 6.07) is 6.19. The molecule has 4 unspecified atom stereocenters. The summed E-state index contributed by atoms with van der Waals surface area (Å²) in [5, 5.41) is 0. The number of para-hydroxylation sites is 1. The summed E-state index contributed by atoms with van der Waals surface area (Å²) in [6.07, 6.45) is 6.82. The smallest absolute Gasteiger partial charge is 0.166 e. The van der Waals surface area contributed by atoms with Gasteiger partial charge in [-0.05, 0) is 49.5 Å². The fourth-order valence-electron chi connectivity index (χ4n) is 4.51. The van der Waals surface area contributed by atoms with Crippen molar-refractivity contribution in [1.82, 2.24) is 0 Å². The number of ether oxygens (including phenoxy) is 2. The van der Waals surface area contributed by atoms with Crippen LogP contribution in [0.2, 0.25) is 0 Å². The van der Waals surface area contributed by atoms with Gasteiger partial charge >= 0.3 is 0 Å². The number of hydrogen-bond acceptors (Lipinski definition) is 3. The first-order valence-corrected chi connectivity index (χ1v) is 7.95. The van der Waals surface area contributed by atoms with E-state index < -0.39 is 0 Å². The van der Waals surface area contributed by atoms with Gasteiger partial charge in [-0.3, -0.25) is 0 Å². The summed E-state index contributed by atoms with van der Waals surface area (Å²) in [6.45, 7) is 1.27. The Balaban J connectivity index is 1.52. The van der Waals surface area contributed by atoms with E-state index in [-0.39, 0.29) is 6.04 Å². The zero-order valence-electron chi connectivity index (χ0n) is 11.9. The second-order valence-corrected chi connectivity index (χ2v) is 6.65. The standard InChI is InChI=1S/C17H23NO2/c18-15(10-13-9-11-4-5-12(13)8-11)14-2-1-3-16-17(14)20-7-6-19-16/h1-3,11-13,15H,4-10,18H2. The van der Waals surface area contributed by atoms with Crippen LogP contribution in [0, 0.1) is 17.8 Å². The van der Waals surface area contributed by atoms with Crippen LogP contribution in [0.15, 0.2) is 18.2 Å². The van der Waals surface area contributed by atoms with Gasteiger partial charge in [-0.15, -0.1) is 0 Å². The summed E-state index contributed by atoms with van der Waals surface area (Å²) in [5.74, 6) is 4.49. The van der Waals surface area contributed by atoms with Crippen LogP contribution < -0.4 is 15.2 Å². The Morgan fingerprint density at radius 1 is 1.15 bits per heavy atom. The number of benzene rings is 1. The van der Waals surface area contributed by atoms with Gasteiger partial charge < -0.3 is 15.2 Å². The molecule has 1 aromatic rings. The van der Waals surface area contributed by atoms with Gasteiger partial charge in [0.15, 0.2) is 11.5 Å². The van der Waals surface area contributed by atoms with Crippen LogP contribution in [-0.4, -0.2) is 13.2 Å². The minimum atomic E-state index is 0.0796. The molecule has 1 aliphatic heterocycles. The molecule has 1 aromatic carbocycles. The normalized spacial score (nSPS) is 32.4. The van der Waals surface area contributed by atoms with Crippen LogP contribution in [0.25, 0.3) is 0 Å². The lowest BCUT2D eigenvalue weighted by atomic mass is 9.83. The lowest BCUT2D eigenvalue weighted by Crippen LogP contribution is -2.22. The van der Waals surface area contributed by atoms with Crippen LogP contribution in [0.4, 0.5) is 0 Å². The van der Waals surface area contributed by atoms with Gasteiger partial charge in [0.1, 0.15) is 13.2 Å². The molecule has 0 amide bonds. The number of nitrogens with two attached hydrogens (primary N) is 1. The highest BCUT2D eigenvalue weighted by Gasteiger charge is 2.40. The fraction of sp³-hybridized carbons (Fsp3) is 0.647. The molecule has 0 radical (unpaired) electrons. The first-order valence-electron chi connectivity index (χ1n) is 7.95. The van der Waals surface area contributed by atoms with Crippen molar-refractivity contribution in [1.29, 1.82) is 0 Å². The van der Waals surface area contributed by atoms with Crippen LogP contribution in [0.3, 0.4) is 0 Å². The third-order valence-electron chi connectivity index (χ3n) is 5.44. The molecular weight excluding hydrogens is 250 g/mol. The Kier molecular flexibility index (Phi) is 3.10. The summed E-state index contributed by atoms with van der Waals surface area (Å²) in [5.41, 5.74) is 7.62. The van der Waals surface area contributed by atoms with Crippen LogP contribution in [0.5, 0.6) is 11.5 Å². The molecule has 20 heavy (non-hydrogen) atoms. The molecule has 0 aromatic heterocycles. The van der Waals surface area contributed by atoms with E-state index in [0.717, 1.165) is 41.2 Å². The van der Waals surface area contributed by atoms with E-state index in [2.05, 4.69) is 6.07 Å². The first kappa shape index (κ1) is 12.5. The number of hydrogen-bond donors (Lipinski definition) is 1. The predicted molar refractivity (Wildman–Crippen MR) is 77.9 cm³/mol. The first-order chi connectivity index (χ1) is 9.81. The molecular formula is C17H23NO2. The highest BCUT2D eigenvalue weighted by molar-refractivity contribution is 5.48. The van der Waals surface area contributed by atoms with Crippen molar-refractivity contribution < 1.29 is 9.47 Å². The predicted octanol–water partition coefficient (Wildman–Crippen LogP) is 3.28. The van der Waals surface area contributed by atoms with Crippen molar-refractivity contribution in [2.24, 2.45) is 23.5 Å². The lowest BCUT2D eigenvalue weighted by Gasteiger charge is -2.27. The van der Waals surface area contributed by atoms with E-state index in [1.807, 2.05) is 12.1 Å². The second-order valence-electron chi connectivity index (χ2n) is 6.65. The average Bonchev–Trinajstić information content (AvgIpc) is 3.09. The molecule has 2 N–H and O–H groups in total. The maximum Gasteiger partial charge on any atom is 0.166 e. The Hall–Kier alpha value is -1.22. The largest absolute Gasteiger partial charge is 0.486 e. The average molecular weight is 273 g/mol. The van der Waals surface area contributed by atoms with Crippen LogP contribution >= 0.6 is 0 Å². The van der Waals surface area contributed by atoms with Crippen molar-refractivity contribution in [3.05, 3.63) is 23.8 Å². The Morgan fingerprint density at radius 2 is 2.05 bits per heavy atom. The van der Waals surface area contributed by atoms with Gasteiger partial charge in [-0.2, -0.15) is 0 Å². The van der Waals surface area contributed by atoms with Crippen molar-refractivity contribution in [3.63, 3.8) is 0 Å². The highest BCUT2D eigenvalue weighted by atomic mass is 16.6. The van der Waals surface area contributed by atoms with Gasteiger partial charge in [0.25, 0.3) is 0 Å². The molecule has 3 heteroatoms. The lowest BCUT2D eigenvalue weighted by molar-refractivity contribution is 0.168. The van der Waals surface area contributed by atoms with Crippen molar-refractivity contribution in [2.45, 2.75) is 38.1 Å². The summed E-state index contributed by atoms with van der Waals surface area (Å²) in [4.78, 5) is 0. The topological polar surface area (TPSA) is 44.5 Å². The van der Waals surface area contributed by atoms with Crippen molar-refractivity contribution in [2.75, 3.05) is 13.2 Å². The Morgan fingerprint density at radius 3 is 2.85 bits per heavy atom. The number of fused-ring (bicyclic) bond motifs is 3. The molecule has 4 rings (SSSR count). The molecule has 2 bridgehead atoms. The molecule has 4 atom stereocenters. The molecule has 3 nitrogen and oxygen atoms in total. The number of rotatable bonds is 3. The van der Waals surface area contributed by atoms with Gasteiger partial charge in [0.05, 0.1) is 0 Å². The van der Waals surface area contributed by atoms with Crippen LogP contribution in [-0.2, 0) is 0 Å². The zero-order valence-corrected chi connectivity index (χ0v) is 11.9. The van der Waals surface area contributed by atoms with Crippen molar-refractivity contribution in [3.8, 4) is 11.5 Å². The molecule has 3 aliphatic rings. The van der Waals surface area contributed by atoms with E-state index in [9.17, 15) is 0 Å². The van der Waals surface area contributed by atoms with E-state index in [1.54, 1.807) is 0 Å². The quantitative estimate of drug-likeness (QED) is 0.919.